The van der Waals surface area contributed by atoms with Crippen molar-refractivity contribution in [2.24, 2.45) is 5.92 Å². The van der Waals surface area contributed by atoms with Gasteiger partial charge in [0.25, 0.3) is 11.1 Å². The Morgan fingerprint density at radius 3 is 2.94 bits per heavy atom. The fourth-order valence-corrected chi connectivity index (χ4v) is 6.72. The predicted molar refractivity (Wildman–Crippen MR) is 141 cm³/mol. The van der Waals surface area contributed by atoms with Crippen LogP contribution in [0.15, 0.2) is 36.5 Å². The summed E-state index contributed by atoms with van der Waals surface area (Å²) in [5.41, 5.74) is 2.79. The van der Waals surface area contributed by atoms with Crippen LogP contribution in [-0.2, 0) is 17.7 Å². The van der Waals surface area contributed by atoms with Crippen LogP contribution in [0, 0.1) is 5.92 Å². The molecule has 1 saturated heterocycles. The highest BCUT2D eigenvalue weighted by molar-refractivity contribution is 7.13. The van der Waals surface area contributed by atoms with E-state index in [1.807, 2.05) is 30.3 Å². The summed E-state index contributed by atoms with van der Waals surface area (Å²) in [6.45, 7) is 4.63. The lowest BCUT2D eigenvalue weighted by atomic mass is 9.84. The van der Waals surface area contributed by atoms with E-state index >= 15 is 0 Å². The number of pyridine rings is 1. The van der Waals surface area contributed by atoms with Gasteiger partial charge in [0.05, 0.1) is 24.4 Å². The second kappa shape index (κ2) is 10.8. The Kier molecular flexibility index (Phi) is 7.16. The molecule has 1 saturated carbocycles. The molecule has 1 atom stereocenters. The van der Waals surface area contributed by atoms with Crippen LogP contribution < -0.4 is 10.1 Å². The van der Waals surface area contributed by atoms with Gasteiger partial charge in [-0.15, -0.1) is 0 Å². The average Bonchev–Trinajstić information content (AvgIpc) is 3.57. The van der Waals surface area contributed by atoms with Crippen LogP contribution in [0.5, 0.6) is 5.19 Å². The number of rotatable bonds is 7. The molecule has 0 spiro atoms. The number of carbonyl (C=O) groups excluding carboxylic acids is 1. The number of hydrogen-bond donors (Lipinski definition) is 1. The summed E-state index contributed by atoms with van der Waals surface area (Å²) < 4.78 is 11.5. The maximum Gasteiger partial charge on any atom is 0.274 e. The lowest BCUT2D eigenvalue weighted by molar-refractivity contribution is 0.0921. The number of fused-ring (bicyclic) bond motifs is 2. The third-order valence-corrected chi connectivity index (χ3v) is 8.92. The number of carbonyl (C=O) groups is 1. The van der Waals surface area contributed by atoms with Gasteiger partial charge in [-0.1, -0.05) is 23.5 Å². The zero-order valence-electron chi connectivity index (χ0n) is 20.7. The van der Waals surface area contributed by atoms with Crippen molar-refractivity contribution < 1.29 is 14.3 Å². The quantitative estimate of drug-likeness (QED) is 0.505. The summed E-state index contributed by atoms with van der Waals surface area (Å²) in [5.74, 6) is 0.756. The van der Waals surface area contributed by atoms with E-state index in [2.05, 4.69) is 15.2 Å². The van der Waals surface area contributed by atoms with E-state index in [-0.39, 0.29) is 18.1 Å². The SMILES string of the molecule is O=C(NC1CCC(CCN2CCc3sc(O[C@H]4CCOC4)nc3C2)CC1)c1cccc2ncccc12. The molecule has 2 aliphatic heterocycles. The zero-order chi connectivity index (χ0) is 24.3. The molecular weight excluding hydrogens is 472 g/mol. The molecule has 8 heteroatoms. The fraction of sp³-hybridized carbons (Fsp3) is 0.536. The number of benzene rings is 1. The monoisotopic (exact) mass is 506 g/mol. The van der Waals surface area contributed by atoms with Gasteiger partial charge in [0.15, 0.2) is 0 Å². The van der Waals surface area contributed by atoms with Gasteiger partial charge in [-0.2, -0.15) is 0 Å². The molecule has 0 radical (unpaired) electrons. The van der Waals surface area contributed by atoms with Crippen molar-refractivity contribution in [3.05, 3.63) is 52.7 Å². The van der Waals surface area contributed by atoms with Crippen LogP contribution in [0.1, 0.15) is 59.5 Å². The number of ether oxygens (including phenoxy) is 2. The zero-order valence-corrected chi connectivity index (χ0v) is 21.5. The minimum atomic E-state index is 0.0215. The topological polar surface area (TPSA) is 76.6 Å². The summed E-state index contributed by atoms with van der Waals surface area (Å²) in [6, 6.07) is 9.89. The van der Waals surface area contributed by atoms with E-state index in [4.69, 9.17) is 14.5 Å². The van der Waals surface area contributed by atoms with Gasteiger partial charge in [0.1, 0.15) is 6.10 Å². The summed E-state index contributed by atoms with van der Waals surface area (Å²) in [4.78, 5) is 26.1. The van der Waals surface area contributed by atoms with E-state index in [1.165, 1.54) is 29.8 Å². The summed E-state index contributed by atoms with van der Waals surface area (Å²) in [6.07, 6.45) is 9.66. The first-order valence-corrected chi connectivity index (χ1v) is 14.1. The van der Waals surface area contributed by atoms with Crippen LogP contribution in [0.25, 0.3) is 10.9 Å². The van der Waals surface area contributed by atoms with E-state index < -0.39 is 0 Å². The van der Waals surface area contributed by atoms with E-state index in [9.17, 15) is 4.79 Å². The van der Waals surface area contributed by atoms with Crippen molar-refractivity contribution in [1.82, 2.24) is 20.2 Å². The minimum absolute atomic E-state index is 0.0215. The number of hydrogen-bond acceptors (Lipinski definition) is 7. The number of amides is 1. The summed E-state index contributed by atoms with van der Waals surface area (Å²) in [5, 5.41) is 5.02. The van der Waals surface area contributed by atoms with Crippen LogP contribution in [0.3, 0.4) is 0 Å². The van der Waals surface area contributed by atoms with Gasteiger partial charge in [0.2, 0.25) is 0 Å². The van der Waals surface area contributed by atoms with Gasteiger partial charge in [-0.25, -0.2) is 4.98 Å². The highest BCUT2D eigenvalue weighted by Gasteiger charge is 2.27. The fourth-order valence-electron chi connectivity index (χ4n) is 5.74. The van der Waals surface area contributed by atoms with Gasteiger partial charge < -0.3 is 14.8 Å². The standard InChI is InChI=1S/C28H34N4O3S/c33-27(23-3-1-5-24-22(23)4-2-13-29-24)30-20-8-6-19(7-9-20)10-14-32-15-11-26-25(17-32)31-28(36-26)35-21-12-16-34-18-21/h1-5,13,19-21H,6-12,14-18H2,(H,30,33)/t19?,20?,21-/m0/s1. The van der Waals surface area contributed by atoms with Gasteiger partial charge in [-0.3, -0.25) is 14.7 Å². The van der Waals surface area contributed by atoms with Crippen molar-refractivity contribution in [3.8, 4) is 5.19 Å². The van der Waals surface area contributed by atoms with Crippen molar-refractivity contribution in [2.75, 3.05) is 26.3 Å². The van der Waals surface area contributed by atoms with Crippen molar-refractivity contribution in [1.29, 1.82) is 0 Å². The highest BCUT2D eigenvalue weighted by Crippen LogP contribution is 2.32. The maximum atomic E-state index is 13.0. The largest absolute Gasteiger partial charge is 0.464 e. The number of nitrogens with one attached hydrogen (secondary N) is 1. The lowest BCUT2D eigenvalue weighted by Gasteiger charge is -2.32. The van der Waals surface area contributed by atoms with Crippen molar-refractivity contribution in [2.45, 2.75) is 63.6 Å². The molecule has 0 bridgehead atoms. The molecule has 190 valence electrons. The van der Waals surface area contributed by atoms with Crippen molar-refractivity contribution >= 4 is 28.1 Å². The molecule has 4 heterocycles. The molecule has 1 amide bonds. The Balaban J connectivity index is 0.952. The number of nitrogens with zero attached hydrogens (tertiary/aromatic N) is 3. The van der Waals surface area contributed by atoms with Crippen LogP contribution in [0.2, 0.25) is 0 Å². The number of aromatic nitrogens is 2. The molecule has 2 aromatic heterocycles. The molecule has 0 unspecified atom stereocenters. The molecule has 1 aromatic carbocycles. The van der Waals surface area contributed by atoms with Crippen LogP contribution in [0.4, 0.5) is 0 Å². The highest BCUT2D eigenvalue weighted by atomic mass is 32.1. The second-order valence-electron chi connectivity index (χ2n) is 10.3. The normalized spacial score (nSPS) is 24.5. The second-order valence-corrected chi connectivity index (χ2v) is 11.4. The first-order valence-electron chi connectivity index (χ1n) is 13.3. The Labute approximate surface area is 216 Å². The molecule has 7 nitrogen and oxygen atoms in total. The Morgan fingerprint density at radius 2 is 2.08 bits per heavy atom. The smallest absolute Gasteiger partial charge is 0.274 e. The van der Waals surface area contributed by atoms with Crippen LogP contribution in [-0.4, -0.2) is 59.2 Å². The molecule has 1 N–H and O–H groups in total. The molecular formula is C28H34N4O3S. The Hall–Kier alpha value is -2.55. The predicted octanol–water partition coefficient (Wildman–Crippen LogP) is 4.60. The molecule has 1 aliphatic carbocycles. The van der Waals surface area contributed by atoms with Gasteiger partial charge in [-0.05, 0) is 69.2 Å². The average molecular weight is 507 g/mol. The first kappa shape index (κ1) is 23.8. The van der Waals surface area contributed by atoms with Crippen molar-refractivity contribution in [3.63, 3.8) is 0 Å². The summed E-state index contributed by atoms with van der Waals surface area (Å²) in [7, 11) is 0. The Morgan fingerprint density at radius 1 is 1.17 bits per heavy atom. The first-order chi connectivity index (χ1) is 17.7. The van der Waals surface area contributed by atoms with Crippen LogP contribution >= 0.6 is 11.3 Å². The van der Waals surface area contributed by atoms with E-state index in [1.54, 1.807) is 17.5 Å². The minimum Gasteiger partial charge on any atom is -0.464 e. The summed E-state index contributed by atoms with van der Waals surface area (Å²) >= 11 is 1.72. The van der Waals surface area contributed by atoms with E-state index in [0.717, 1.165) is 79.5 Å². The molecule has 6 rings (SSSR count). The lowest BCUT2D eigenvalue weighted by Crippen LogP contribution is -2.38. The third-order valence-electron chi connectivity index (χ3n) is 7.87. The molecule has 3 aromatic rings. The molecule has 36 heavy (non-hydrogen) atoms. The Bertz CT molecular complexity index is 1200. The number of thiazole rings is 1. The van der Waals surface area contributed by atoms with E-state index in [0.29, 0.717) is 6.61 Å². The third kappa shape index (κ3) is 5.41. The van der Waals surface area contributed by atoms with Gasteiger partial charge >= 0.3 is 0 Å². The van der Waals surface area contributed by atoms with Gasteiger partial charge in [0, 0.05) is 47.6 Å². The molecule has 2 fully saturated rings. The maximum absolute atomic E-state index is 13.0. The molecule has 3 aliphatic rings.